The Balaban J connectivity index is 2.14. The molecule has 1 aromatic heterocycles. The van der Waals surface area contributed by atoms with E-state index >= 15 is 0 Å². The second-order valence-electron chi connectivity index (χ2n) is 3.59. The number of benzene rings is 1. The summed E-state index contributed by atoms with van der Waals surface area (Å²) in [5.41, 5.74) is 2.45. The zero-order chi connectivity index (χ0) is 11.5. The molecule has 0 aliphatic carbocycles. The van der Waals surface area contributed by atoms with Gasteiger partial charge in [0.25, 0.3) is 0 Å². The molecule has 0 N–H and O–H groups in total. The van der Waals surface area contributed by atoms with Crippen molar-refractivity contribution >= 4 is 28.6 Å². The molecular formula is C11H12ClN3S. The van der Waals surface area contributed by atoms with Crippen molar-refractivity contribution in [2.75, 3.05) is 11.9 Å². The molecule has 5 heteroatoms. The molecule has 0 radical (unpaired) electrons. The van der Waals surface area contributed by atoms with E-state index in [0.29, 0.717) is 4.47 Å². The molecule has 0 fully saturated rings. The van der Waals surface area contributed by atoms with Gasteiger partial charge in [0, 0.05) is 12.7 Å². The number of anilines is 1. The van der Waals surface area contributed by atoms with Crippen LogP contribution in [0.1, 0.15) is 10.6 Å². The van der Waals surface area contributed by atoms with Crippen LogP contribution in [0.4, 0.5) is 5.69 Å². The van der Waals surface area contributed by atoms with E-state index in [-0.39, 0.29) is 0 Å². The molecular weight excluding hydrogens is 242 g/mol. The first-order valence-corrected chi connectivity index (χ1v) is 6.11. The first-order chi connectivity index (χ1) is 7.66. The Hall–Kier alpha value is -1.13. The monoisotopic (exact) mass is 253 g/mol. The van der Waals surface area contributed by atoms with E-state index in [9.17, 15) is 0 Å². The van der Waals surface area contributed by atoms with Gasteiger partial charge in [-0.25, -0.2) is 0 Å². The summed E-state index contributed by atoms with van der Waals surface area (Å²) in [7, 11) is 2.04. The van der Waals surface area contributed by atoms with E-state index in [0.717, 1.165) is 11.6 Å². The normalized spacial score (nSPS) is 10.4. The van der Waals surface area contributed by atoms with Crippen LogP contribution in [0.25, 0.3) is 0 Å². The Morgan fingerprint density at radius 3 is 2.69 bits per heavy atom. The Morgan fingerprint density at radius 1 is 1.31 bits per heavy atom. The summed E-state index contributed by atoms with van der Waals surface area (Å²) in [4.78, 5) is 2.15. The highest BCUT2D eigenvalue weighted by Crippen LogP contribution is 2.22. The van der Waals surface area contributed by atoms with Gasteiger partial charge in [0.05, 0.1) is 6.54 Å². The van der Waals surface area contributed by atoms with Crippen molar-refractivity contribution in [1.29, 1.82) is 0 Å². The molecule has 2 rings (SSSR count). The molecule has 0 amide bonds. The molecule has 0 atom stereocenters. The molecule has 0 bridgehead atoms. The lowest BCUT2D eigenvalue weighted by Crippen LogP contribution is -2.17. The SMILES string of the molecule is Cc1ccccc1N(C)Cc1nnc(Cl)s1. The maximum Gasteiger partial charge on any atom is 0.207 e. The third-order valence-electron chi connectivity index (χ3n) is 2.34. The second kappa shape index (κ2) is 4.80. The molecule has 16 heavy (non-hydrogen) atoms. The standard InChI is InChI=1S/C11H12ClN3S/c1-8-5-3-4-6-9(8)15(2)7-10-13-14-11(12)16-10/h3-6H,7H2,1-2H3. The summed E-state index contributed by atoms with van der Waals surface area (Å²) in [6, 6.07) is 8.26. The van der Waals surface area contributed by atoms with E-state index in [1.807, 2.05) is 19.2 Å². The quantitative estimate of drug-likeness (QED) is 0.842. The Morgan fingerprint density at radius 2 is 2.06 bits per heavy atom. The molecule has 0 spiro atoms. The van der Waals surface area contributed by atoms with Gasteiger partial charge in [-0.05, 0) is 30.2 Å². The van der Waals surface area contributed by atoms with E-state index in [1.54, 1.807) is 0 Å². The highest BCUT2D eigenvalue weighted by atomic mass is 35.5. The summed E-state index contributed by atoms with van der Waals surface area (Å²) >= 11 is 7.17. The third-order valence-corrected chi connectivity index (χ3v) is 3.34. The van der Waals surface area contributed by atoms with Crippen LogP contribution in [-0.2, 0) is 6.54 Å². The zero-order valence-electron chi connectivity index (χ0n) is 9.14. The van der Waals surface area contributed by atoms with E-state index in [2.05, 4.69) is 34.2 Å². The average Bonchev–Trinajstić information content (AvgIpc) is 2.64. The molecule has 0 saturated carbocycles. The lowest BCUT2D eigenvalue weighted by atomic mass is 10.2. The van der Waals surface area contributed by atoms with Gasteiger partial charge in [-0.1, -0.05) is 29.5 Å². The van der Waals surface area contributed by atoms with Gasteiger partial charge in [0.2, 0.25) is 4.47 Å². The Labute approximate surface area is 104 Å². The highest BCUT2D eigenvalue weighted by Gasteiger charge is 2.08. The van der Waals surface area contributed by atoms with Crippen molar-refractivity contribution in [3.8, 4) is 0 Å². The van der Waals surface area contributed by atoms with Crippen molar-refractivity contribution in [2.24, 2.45) is 0 Å². The maximum atomic E-state index is 5.75. The van der Waals surface area contributed by atoms with Crippen LogP contribution in [0.3, 0.4) is 0 Å². The third kappa shape index (κ3) is 2.51. The number of rotatable bonds is 3. The summed E-state index contributed by atoms with van der Waals surface area (Å²) < 4.78 is 0.494. The molecule has 2 aromatic rings. The number of aromatic nitrogens is 2. The van der Waals surface area contributed by atoms with Crippen molar-refractivity contribution in [3.05, 3.63) is 39.3 Å². The first-order valence-electron chi connectivity index (χ1n) is 4.91. The molecule has 1 aromatic carbocycles. The van der Waals surface area contributed by atoms with Crippen LogP contribution < -0.4 is 4.90 Å². The smallest absolute Gasteiger partial charge is 0.207 e. The van der Waals surface area contributed by atoms with Crippen LogP contribution in [0, 0.1) is 6.92 Å². The lowest BCUT2D eigenvalue weighted by Gasteiger charge is -2.19. The summed E-state index contributed by atoms with van der Waals surface area (Å²) in [5.74, 6) is 0. The van der Waals surface area contributed by atoms with Crippen LogP contribution in [-0.4, -0.2) is 17.2 Å². The number of nitrogens with zero attached hydrogens (tertiary/aromatic N) is 3. The number of hydrogen-bond donors (Lipinski definition) is 0. The number of halogens is 1. The van der Waals surface area contributed by atoms with Crippen LogP contribution in [0.5, 0.6) is 0 Å². The van der Waals surface area contributed by atoms with Crippen molar-refractivity contribution in [3.63, 3.8) is 0 Å². The molecule has 0 unspecified atom stereocenters. The number of hydrogen-bond acceptors (Lipinski definition) is 4. The number of aryl methyl sites for hydroxylation is 1. The summed E-state index contributed by atoms with van der Waals surface area (Å²) in [6.07, 6.45) is 0. The van der Waals surface area contributed by atoms with Gasteiger partial charge < -0.3 is 4.90 Å². The summed E-state index contributed by atoms with van der Waals surface area (Å²) in [5, 5.41) is 8.73. The van der Waals surface area contributed by atoms with E-state index < -0.39 is 0 Å². The molecule has 0 aliphatic heterocycles. The lowest BCUT2D eigenvalue weighted by molar-refractivity contribution is 0.877. The minimum Gasteiger partial charge on any atom is -0.368 e. The summed E-state index contributed by atoms with van der Waals surface area (Å²) in [6.45, 7) is 2.83. The van der Waals surface area contributed by atoms with Crippen LogP contribution >= 0.6 is 22.9 Å². The molecule has 0 saturated heterocycles. The minimum atomic E-state index is 0.494. The van der Waals surface area contributed by atoms with E-state index in [1.165, 1.54) is 22.6 Å². The predicted octanol–water partition coefficient (Wildman–Crippen LogP) is 3.14. The molecule has 3 nitrogen and oxygen atoms in total. The molecule has 1 heterocycles. The van der Waals surface area contributed by atoms with Crippen LogP contribution in [0.2, 0.25) is 4.47 Å². The fraction of sp³-hybridized carbons (Fsp3) is 0.273. The Bertz CT molecular complexity index is 484. The topological polar surface area (TPSA) is 29.0 Å². The van der Waals surface area contributed by atoms with Gasteiger partial charge >= 0.3 is 0 Å². The highest BCUT2D eigenvalue weighted by molar-refractivity contribution is 7.15. The van der Waals surface area contributed by atoms with Crippen molar-refractivity contribution in [2.45, 2.75) is 13.5 Å². The van der Waals surface area contributed by atoms with Gasteiger partial charge in [-0.15, -0.1) is 10.2 Å². The second-order valence-corrected chi connectivity index (χ2v) is 5.24. The molecule has 84 valence electrons. The predicted molar refractivity (Wildman–Crippen MR) is 68.2 cm³/mol. The van der Waals surface area contributed by atoms with Gasteiger partial charge in [-0.2, -0.15) is 0 Å². The Kier molecular flexibility index (Phi) is 3.41. The van der Waals surface area contributed by atoms with Gasteiger partial charge in [-0.3, -0.25) is 0 Å². The fourth-order valence-electron chi connectivity index (χ4n) is 1.58. The van der Waals surface area contributed by atoms with Crippen LogP contribution in [0.15, 0.2) is 24.3 Å². The molecule has 0 aliphatic rings. The fourth-order valence-corrected chi connectivity index (χ4v) is 2.50. The minimum absolute atomic E-state index is 0.494. The first kappa shape index (κ1) is 11.4. The van der Waals surface area contributed by atoms with Crippen molar-refractivity contribution in [1.82, 2.24) is 10.2 Å². The van der Waals surface area contributed by atoms with E-state index in [4.69, 9.17) is 11.6 Å². The van der Waals surface area contributed by atoms with Crippen molar-refractivity contribution < 1.29 is 0 Å². The average molecular weight is 254 g/mol. The maximum absolute atomic E-state index is 5.75. The largest absolute Gasteiger partial charge is 0.368 e. The van der Waals surface area contributed by atoms with Gasteiger partial charge in [0.15, 0.2) is 0 Å². The zero-order valence-corrected chi connectivity index (χ0v) is 10.7. The van der Waals surface area contributed by atoms with Gasteiger partial charge in [0.1, 0.15) is 5.01 Å². The number of para-hydroxylation sites is 1.